The number of nitrogens with zero attached hydrogens (tertiary/aromatic N) is 2. The van der Waals surface area contributed by atoms with E-state index in [1.165, 1.54) is 10.6 Å². The summed E-state index contributed by atoms with van der Waals surface area (Å²) in [6.45, 7) is 3.69. The van der Waals surface area contributed by atoms with E-state index in [0.29, 0.717) is 11.4 Å². The van der Waals surface area contributed by atoms with Gasteiger partial charge in [-0.05, 0) is 50.2 Å². The Morgan fingerprint density at radius 2 is 1.97 bits per heavy atom. The molecule has 158 valence electrons. The van der Waals surface area contributed by atoms with Crippen LogP contribution in [0.25, 0.3) is 16.6 Å². The van der Waals surface area contributed by atoms with Crippen LogP contribution < -0.4 is 20.9 Å². The fraction of sp³-hybridized carbons (Fsp3) is 0.174. The number of aromatic amines is 1. The van der Waals surface area contributed by atoms with Gasteiger partial charge in [0.25, 0.3) is 11.5 Å². The van der Waals surface area contributed by atoms with E-state index in [1.807, 2.05) is 38.1 Å². The summed E-state index contributed by atoms with van der Waals surface area (Å²) in [5, 5.41) is 14.0. The summed E-state index contributed by atoms with van der Waals surface area (Å²) in [5.74, 6) is 0.311. The number of hydrogen-bond donors (Lipinski definition) is 3. The number of rotatable bonds is 7. The highest BCUT2D eigenvalue weighted by Crippen LogP contribution is 2.22. The van der Waals surface area contributed by atoms with E-state index >= 15 is 0 Å². The van der Waals surface area contributed by atoms with Crippen LogP contribution in [-0.2, 0) is 4.79 Å². The monoisotopic (exact) mass is 417 g/mol. The van der Waals surface area contributed by atoms with E-state index in [1.54, 1.807) is 36.7 Å². The van der Waals surface area contributed by atoms with Crippen molar-refractivity contribution in [2.45, 2.75) is 19.9 Å². The van der Waals surface area contributed by atoms with E-state index in [-0.39, 0.29) is 24.1 Å². The predicted molar refractivity (Wildman–Crippen MR) is 120 cm³/mol. The Labute approximate surface area is 178 Å². The van der Waals surface area contributed by atoms with E-state index in [2.05, 4.69) is 20.8 Å². The molecular weight excluding hydrogens is 394 g/mol. The van der Waals surface area contributed by atoms with Crippen molar-refractivity contribution < 1.29 is 9.53 Å². The van der Waals surface area contributed by atoms with Crippen molar-refractivity contribution in [2.75, 3.05) is 11.9 Å². The summed E-state index contributed by atoms with van der Waals surface area (Å²) in [5.41, 5.74) is 3.05. The predicted octanol–water partition coefficient (Wildman–Crippen LogP) is 3.36. The van der Waals surface area contributed by atoms with Crippen LogP contribution in [0.15, 0.2) is 71.8 Å². The maximum absolute atomic E-state index is 12.5. The van der Waals surface area contributed by atoms with Crippen molar-refractivity contribution in [3.63, 3.8) is 0 Å². The van der Waals surface area contributed by atoms with Crippen LogP contribution in [0.3, 0.4) is 0 Å². The first-order chi connectivity index (χ1) is 15.0. The SMILES string of the molecule is CC(C)NC(=O)COc1cccc(-n2cc(Nc3ccc4[nH]ncc4c3)ccc2=O)c1. The molecule has 0 fully saturated rings. The minimum absolute atomic E-state index is 0.0467. The van der Waals surface area contributed by atoms with Crippen molar-refractivity contribution in [2.24, 2.45) is 0 Å². The first-order valence-corrected chi connectivity index (χ1v) is 9.93. The van der Waals surface area contributed by atoms with Gasteiger partial charge in [-0.3, -0.25) is 19.3 Å². The molecule has 1 amide bonds. The van der Waals surface area contributed by atoms with Gasteiger partial charge < -0.3 is 15.4 Å². The summed E-state index contributed by atoms with van der Waals surface area (Å²) in [7, 11) is 0. The van der Waals surface area contributed by atoms with E-state index in [9.17, 15) is 9.59 Å². The van der Waals surface area contributed by atoms with Gasteiger partial charge >= 0.3 is 0 Å². The number of carbonyl (C=O) groups excluding carboxylic acids is 1. The molecule has 4 aromatic rings. The van der Waals surface area contributed by atoms with Gasteiger partial charge in [0, 0.05) is 35.4 Å². The van der Waals surface area contributed by atoms with E-state index < -0.39 is 0 Å². The molecule has 31 heavy (non-hydrogen) atoms. The molecule has 0 bridgehead atoms. The maximum atomic E-state index is 12.5. The van der Waals surface area contributed by atoms with Gasteiger partial charge in [0.15, 0.2) is 6.61 Å². The lowest BCUT2D eigenvalue weighted by Crippen LogP contribution is -2.34. The molecule has 0 saturated carbocycles. The first-order valence-electron chi connectivity index (χ1n) is 9.93. The lowest BCUT2D eigenvalue weighted by molar-refractivity contribution is -0.123. The van der Waals surface area contributed by atoms with Crippen LogP contribution in [0.2, 0.25) is 0 Å². The van der Waals surface area contributed by atoms with E-state index in [0.717, 1.165) is 22.3 Å². The topological polar surface area (TPSA) is 101 Å². The van der Waals surface area contributed by atoms with Crippen LogP contribution in [0.5, 0.6) is 5.75 Å². The van der Waals surface area contributed by atoms with Crippen LogP contribution >= 0.6 is 0 Å². The van der Waals surface area contributed by atoms with Gasteiger partial charge in [-0.15, -0.1) is 0 Å². The van der Waals surface area contributed by atoms with Crippen LogP contribution in [0.1, 0.15) is 13.8 Å². The highest BCUT2D eigenvalue weighted by atomic mass is 16.5. The van der Waals surface area contributed by atoms with E-state index in [4.69, 9.17) is 4.74 Å². The number of benzene rings is 2. The molecule has 0 unspecified atom stereocenters. The highest BCUT2D eigenvalue weighted by molar-refractivity contribution is 5.82. The van der Waals surface area contributed by atoms with Crippen LogP contribution in [-0.4, -0.2) is 33.3 Å². The molecule has 0 atom stereocenters. The van der Waals surface area contributed by atoms with Crippen molar-refractivity contribution in [1.82, 2.24) is 20.1 Å². The number of amides is 1. The quantitative estimate of drug-likeness (QED) is 0.428. The summed E-state index contributed by atoms with van der Waals surface area (Å²) in [4.78, 5) is 24.3. The fourth-order valence-corrected chi connectivity index (χ4v) is 3.19. The number of H-pyrrole nitrogens is 1. The van der Waals surface area contributed by atoms with Crippen molar-refractivity contribution in [1.29, 1.82) is 0 Å². The molecule has 0 spiro atoms. The number of anilines is 2. The Hall–Kier alpha value is -4.07. The van der Waals surface area contributed by atoms with Crippen molar-refractivity contribution in [3.8, 4) is 11.4 Å². The summed E-state index contributed by atoms with van der Waals surface area (Å²) < 4.78 is 7.11. The second-order valence-corrected chi connectivity index (χ2v) is 7.43. The molecule has 8 nitrogen and oxygen atoms in total. The second kappa shape index (κ2) is 8.74. The minimum Gasteiger partial charge on any atom is -0.484 e. The number of hydrogen-bond acceptors (Lipinski definition) is 5. The van der Waals surface area contributed by atoms with Gasteiger partial charge in [-0.2, -0.15) is 5.10 Å². The Balaban J connectivity index is 1.54. The number of aromatic nitrogens is 3. The molecule has 3 N–H and O–H groups in total. The summed E-state index contributed by atoms with van der Waals surface area (Å²) in [6.07, 6.45) is 3.49. The molecule has 4 rings (SSSR count). The van der Waals surface area contributed by atoms with Gasteiger partial charge in [-0.1, -0.05) is 6.07 Å². The zero-order chi connectivity index (χ0) is 21.8. The summed E-state index contributed by atoms with van der Waals surface area (Å²) >= 11 is 0. The highest BCUT2D eigenvalue weighted by Gasteiger charge is 2.07. The number of ether oxygens (including phenoxy) is 1. The van der Waals surface area contributed by atoms with Crippen LogP contribution in [0, 0.1) is 0 Å². The standard InChI is InChI=1S/C23H23N5O3/c1-15(2)25-22(29)14-31-20-5-3-4-19(11-20)28-13-18(7-9-23(28)30)26-17-6-8-21-16(10-17)12-24-27-21/h3-13,15,26H,14H2,1-2H3,(H,24,27)(H,25,29). The third-order valence-electron chi connectivity index (χ3n) is 4.56. The zero-order valence-corrected chi connectivity index (χ0v) is 17.3. The largest absolute Gasteiger partial charge is 0.484 e. The molecule has 0 radical (unpaired) electrons. The normalized spacial score (nSPS) is 10.9. The molecule has 8 heteroatoms. The summed E-state index contributed by atoms with van der Waals surface area (Å²) in [6, 6.07) is 16.2. The Morgan fingerprint density at radius 3 is 2.81 bits per heavy atom. The fourth-order valence-electron chi connectivity index (χ4n) is 3.19. The minimum atomic E-state index is -0.196. The van der Waals surface area contributed by atoms with Gasteiger partial charge in [0.05, 0.1) is 23.1 Å². The molecule has 0 aliphatic heterocycles. The molecule has 2 aromatic heterocycles. The lowest BCUT2D eigenvalue weighted by atomic mass is 10.2. The zero-order valence-electron chi connectivity index (χ0n) is 17.3. The number of pyridine rings is 1. The van der Waals surface area contributed by atoms with Gasteiger partial charge in [0.2, 0.25) is 0 Å². The van der Waals surface area contributed by atoms with Gasteiger partial charge in [0.1, 0.15) is 5.75 Å². The number of fused-ring (bicyclic) bond motifs is 1. The molecule has 0 aliphatic carbocycles. The average Bonchev–Trinajstić information content (AvgIpc) is 3.21. The first kappa shape index (κ1) is 20.2. The number of carbonyl (C=O) groups is 1. The third kappa shape index (κ3) is 4.92. The number of nitrogens with one attached hydrogen (secondary N) is 3. The molecule has 0 aliphatic rings. The molecule has 2 heterocycles. The van der Waals surface area contributed by atoms with Crippen molar-refractivity contribution >= 4 is 28.2 Å². The smallest absolute Gasteiger partial charge is 0.258 e. The average molecular weight is 417 g/mol. The maximum Gasteiger partial charge on any atom is 0.258 e. The molecule has 0 saturated heterocycles. The van der Waals surface area contributed by atoms with Gasteiger partial charge in [-0.25, -0.2) is 0 Å². The Bertz CT molecular complexity index is 1280. The Kier molecular flexibility index (Phi) is 5.70. The molecule has 2 aromatic carbocycles. The van der Waals surface area contributed by atoms with Crippen molar-refractivity contribution in [3.05, 3.63) is 77.3 Å². The third-order valence-corrected chi connectivity index (χ3v) is 4.56. The lowest BCUT2D eigenvalue weighted by Gasteiger charge is -2.13. The second-order valence-electron chi connectivity index (χ2n) is 7.43. The molecular formula is C23H23N5O3. The Morgan fingerprint density at radius 1 is 1.13 bits per heavy atom. The van der Waals surface area contributed by atoms with Crippen LogP contribution in [0.4, 0.5) is 11.4 Å².